The molecule has 1 atom stereocenters. The fourth-order valence-electron chi connectivity index (χ4n) is 4.07. The fourth-order valence-corrected chi connectivity index (χ4v) is 4.07. The van der Waals surface area contributed by atoms with Gasteiger partial charge in [0.05, 0.1) is 7.11 Å². The Kier molecular flexibility index (Phi) is 5.35. The van der Waals surface area contributed by atoms with Crippen LogP contribution in [0.4, 0.5) is 0 Å². The van der Waals surface area contributed by atoms with Crippen LogP contribution in [0, 0.1) is 0 Å². The summed E-state index contributed by atoms with van der Waals surface area (Å²) in [5.74, 6) is 1.01. The molecule has 4 rings (SSSR count). The third-order valence-electron chi connectivity index (χ3n) is 5.56. The van der Waals surface area contributed by atoms with E-state index >= 15 is 0 Å². The first-order valence-electron chi connectivity index (χ1n) is 9.82. The van der Waals surface area contributed by atoms with Crippen molar-refractivity contribution < 1.29 is 9.53 Å². The van der Waals surface area contributed by atoms with E-state index in [4.69, 9.17) is 4.74 Å². The Balaban J connectivity index is 1.39. The second-order valence-electron chi connectivity index (χ2n) is 7.53. The minimum Gasteiger partial charge on any atom is -0.497 e. The van der Waals surface area contributed by atoms with Gasteiger partial charge in [-0.25, -0.2) is 0 Å². The van der Waals surface area contributed by atoms with Crippen molar-refractivity contribution in [1.29, 1.82) is 0 Å². The molecule has 0 unspecified atom stereocenters. The highest BCUT2D eigenvalue weighted by Gasteiger charge is 2.27. The van der Waals surface area contributed by atoms with Gasteiger partial charge in [-0.15, -0.1) is 0 Å². The zero-order chi connectivity index (χ0) is 19.5. The molecule has 0 aliphatic carbocycles. The molecule has 1 saturated heterocycles. The Bertz CT molecular complexity index is 951. The van der Waals surface area contributed by atoms with E-state index in [9.17, 15) is 4.79 Å². The normalized spacial score (nSPS) is 17.8. The Morgan fingerprint density at radius 3 is 2.68 bits per heavy atom. The molecule has 146 valence electrons. The summed E-state index contributed by atoms with van der Waals surface area (Å²) >= 11 is 0. The number of methoxy groups -OCH3 is 1. The maximum Gasteiger partial charge on any atom is 0.242 e. The zero-order valence-corrected chi connectivity index (χ0v) is 16.5. The Morgan fingerprint density at radius 2 is 1.93 bits per heavy atom. The molecule has 0 bridgehead atoms. The number of aromatic nitrogens is 1. The van der Waals surface area contributed by atoms with Gasteiger partial charge in [-0.1, -0.05) is 30.3 Å². The first kappa shape index (κ1) is 18.6. The zero-order valence-electron chi connectivity index (χ0n) is 16.5. The van der Waals surface area contributed by atoms with Crippen LogP contribution < -0.4 is 4.74 Å². The van der Waals surface area contributed by atoms with E-state index in [1.54, 1.807) is 7.11 Å². The minimum absolute atomic E-state index is 0.181. The number of hydrogen-bond donors (Lipinski definition) is 0. The highest BCUT2D eigenvalue weighted by atomic mass is 16.5. The number of nitrogens with zero attached hydrogens (tertiary/aromatic N) is 3. The van der Waals surface area contributed by atoms with Crippen molar-refractivity contribution in [3.8, 4) is 5.75 Å². The number of amides is 1. The van der Waals surface area contributed by atoms with Crippen molar-refractivity contribution >= 4 is 16.8 Å². The molecule has 0 spiro atoms. The van der Waals surface area contributed by atoms with E-state index in [1.165, 1.54) is 5.56 Å². The Hall–Kier alpha value is -2.79. The van der Waals surface area contributed by atoms with Crippen LogP contribution in [0.1, 0.15) is 12.5 Å². The smallest absolute Gasteiger partial charge is 0.242 e. The van der Waals surface area contributed by atoms with E-state index < -0.39 is 0 Å². The molecule has 0 saturated carbocycles. The van der Waals surface area contributed by atoms with Crippen molar-refractivity contribution in [3.63, 3.8) is 0 Å². The highest BCUT2D eigenvalue weighted by molar-refractivity contribution is 5.84. The van der Waals surface area contributed by atoms with Gasteiger partial charge < -0.3 is 14.2 Å². The summed E-state index contributed by atoms with van der Waals surface area (Å²) in [5.41, 5.74) is 2.38. The van der Waals surface area contributed by atoms with Gasteiger partial charge >= 0.3 is 0 Å². The van der Waals surface area contributed by atoms with Crippen molar-refractivity contribution in [2.45, 2.75) is 26.1 Å². The topological polar surface area (TPSA) is 37.7 Å². The standard InChI is InChI=1S/C23H27N3O2/c1-18-15-24(16-19-6-4-3-5-7-19)12-13-26(18)23(27)17-25-11-10-20-14-21(28-2)8-9-22(20)25/h3-11,14,18H,12-13,15-17H2,1-2H3/t18-/m1/s1. The maximum absolute atomic E-state index is 13.0. The molecule has 5 nitrogen and oxygen atoms in total. The number of carbonyl (C=O) groups is 1. The van der Waals surface area contributed by atoms with Gasteiger partial charge in [-0.3, -0.25) is 9.69 Å². The molecule has 28 heavy (non-hydrogen) atoms. The lowest BCUT2D eigenvalue weighted by molar-refractivity contribution is -0.136. The molecule has 2 heterocycles. The molecule has 2 aromatic carbocycles. The summed E-state index contributed by atoms with van der Waals surface area (Å²) in [5, 5.41) is 1.09. The molecule has 3 aromatic rings. The van der Waals surface area contributed by atoms with Crippen molar-refractivity contribution in [3.05, 3.63) is 66.4 Å². The van der Waals surface area contributed by atoms with Crippen LogP contribution >= 0.6 is 0 Å². The third kappa shape index (κ3) is 3.90. The summed E-state index contributed by atoms with van der Waals surface area (Å²) in [6.45, 7) is 6.06. The lowest BCUT2D eigenvalue weighted by Gasteiger charge is -2.40. The molecule has 1 aliphatic rings. The second kappa shape index (κ2) is 8.07. The average molecular weight is 377 g/mol. The summed E-state index contributed by atoms with van der Waals surface area (Å²) < 4.78 is 7.31. The van der Waals surface area contributed by atoms with E-state index in [0.717, 1.165) is 42.8 Å². The molecule has 1 aromatic heterocycles. The minimum atomic E-state index is 0.181. The largest absolute Gasteiger partial charge is 0.497 e. The molecule has 5 heteroatoms. The number of benzene rings is 2. The van der Waals surface area contributed by atoms with Crippen molar-refractivity contribution in [1.82, 2.24) is 14.4 Å². The summed E-state index contributed by atoms with van der Waals surface area (Å²) in [6.07, 6.45) is 1.98. The number of rotatable bonds is 5. The quantitative estimate of drug-likeness (QED) is 0.684. The van der Waals surface area contributed by atoms with Gasteiger partial charge in [0.1, 0.15) is 12.3 Å². The van der Waals surface area contributed by atoms with Crippen LogP contribution in [0.3, 0.4) is 0 Å². The van der Waals surface area contributed by atoms with Gasteiger partial charge in [0.2, 0.25) is 5.91 Å². The molecule has 1 amide bonds. The second-order valence-corrected chi connectivity index (χ2v) is 7.53. The SMILES string of the molecule is COc1ccc2c(ccn2CC(=O)N2CCN(Cc3ccccc3)C[C@H]2C)c1. The summed E-state index contributed by atoms with van der Waals surface area (Å²) in [6, 6.07) is 18.7. The number of hydrogen-bond acceptors (Lipinski definition) is 3. The van der Waals surface area contributed by atoms with Crippen molar-refractivity contribution in [2.24, 2.45) is 0 Å². The molecule has 0 N–H and O–H groups in total. The first-order chi connectivity index (χ1) is 13.6. The summed E-state index contributed by atoms with van der Waals surface area (Å²) in [4.78, 5) is 17.4. The van der Waals surface area contributed by atoms with Crippen LogP contribution in [-0.2, 0) is 17.9 Å². The van der Waals surface area contributed by atoms with Crippen LogP contribution in [0.5, 0.6) is 5.75 Å². The number of piperazine rings is 1. The third-order valence-corrected chi connectivity index (χ3v) is 5.56. The molecule has 1 fully saturated rings. The van der Waals surface area contributed by atoms with Crippen LogP contribution in [0.15, 0.2) is 60.8 Å². The van der Waals surface area contributed by atoms with E-state index in [1.807, 2.05) is 46.0 Å². The van der Waals surface area contributed by atoms with Crippen LogP contribution in [0.25, 0.3) is 10.9 Å². The monoisotopic (exact) mass is 377 g/mol. The Morgan fingerprint density at radius 1 is 1.11 bits per heavy atom. The molecular formula is C23H27N3O2. The predicted octanol–water partition coefficient (Wildman–Crippen LogP) is 3.38. The summed E-state index contributed by atoms with van der Waals surface area (Å²) in [7, 11) is 1.67. The molecule has 0 radical (unpaired) electrons. The predicted molar refractivity (Wildman–Crippen MR) is 111 cm³/mol. The van der Waals surface area contributed by atoms with Gasteiger partial charge in [0.25, 0.3) is 0 Å². The van der Waals surface area contributed by atoms with Crippen LogP contribution in [0.2, 0.25) is 0 Å². The van der Waals surface area contributed by atoms with Gasteiger partial charge in [-0.2, -0.15) is 0 Å². The fraction of sp³-hybridized carbons (Fsp3) is 0.348. The van der Waals surface area contributed by atoms with Gasteiger partial charge in [0, 0.05) is 49.3 Å². The lowest BCUT2D eigenvalue weighted by Crippen LogP contribution is -2.54. The van der Waals surface area contributed by atoms with E-state index in [2.05, 4.69) is 36.1 Å². The van der Waals surface area contributed by atoms with Gasteiger partial charge in [0.15, 0.2) is 0 Å². The molecule has 1 aliphatic heterocycles. The number of fused-ring (bicyclic) bond motifs is 1. The van der Waals surface area contributed by atoms with E-state index in [-0.39, 0.29) is 11.9 Å². The number of ether oxygens (including phenoxy) is 1. The first-order valence-corrected chi connectivity index (χ1v) is 9.82. The van der Waals surface area contributed by atoms with Crippen molar-refractivity contribution in [2.75, 3.05) is 26.7 Å². The lowest BCUT2D eigenvalue weighted by atomic mass is 10.1. The van der Waals surface area contributed by atoms with Gasteiger partial charge in [-0.05, 0) is 36.8 Å². The highest BCUT2D eigenvalue weighted by Crippen LogP contribution is 2.22. The maximum atomic E-state index is 13.0. The van der Waals surface area contributed by atoms with Crippen LogP contribution in [-0.4, -0.2) is 53.1 Å². The average Bonchev–Trinajstić information content (AvgIpc) is 3.10. The Labute approximate surface area is 166 Å². The van der Waals surface area contributed by atoms with E-state index in [0.29, 0.717) is 6.54 Å². The molecular weight excluding hydrogens is 350 g/mol. The number of carbonyl (C=O) groups excluding carboxylic acids is 1.